The molecule has 4 rings (SSSR count). The molecule has 1 unspecified atom stereocenters. The number of hydrogen-bond acceptors (Lipinski definition) is 6. The lowest BCUT2D eigenvalue weighted by molar-refractivity contribution is 0.0695. The number of carbonyl (C=O) groups is 1. The number of halogens is 1. The zero-order valence-electron chi connectivity index (χ0n) is 13.4. The first kappa shape index (κ1) is 15.8. The van der Waals surface area contributed by atoms with Crippen molar-refractivity contribution in [1.29, 1.82) is 0 Å². The number of aromatic nitrogens is 2. The van der Waals surface area contributed by atoms with Crippen molar-refractivity contribution in [3.05, 3.63) is 27.8 Å². The molecule has 0 radical (unpaired) electrons. The Labute approximate surface area is 141 Å². The number of hydrogen-bond donors (Lipinski definition) is 3. The Balaban J connectivity index is 2.02. The van der Waals surface area contributed by atoms with Crippen LogP contribution in [-0.4, -0.2) is 39.8 Å². The van der Waals surface area contributed by atoms with Crippen LogP contribution in [0.25, 0.3) is 11.0 Å². The molecule has 2 aromatic rings. The number of nitrogens with zero attached hydrogens (tertiary/aromatic N) is 3. The van der Waals surface area contributed by atoms with E-state index < -0.39 is 22.8 Å². The first-order valence-corrected chi connectivity index (χ1v) is 8.16. The van der Waals surface area contributed by atoms with Crippen LogP contribution in [0.3, 0.4) is 0 Å². The van der Waals surface area contributed by atoms with Gasteiger partial charge in [0.1, 0.15) is 11.2 Å². The van der Waals surface area contributed by atoms with Crippen LogP contribution in [0.4, 0.5) is 15.9 Å². The quantitative estimate of drug-likeness (QED) is 0.745. The number of aromatic carboxylic acids is 1. The topological polar surface area (TPSA) is 127 Å². The molecule has 0 amide bonds. The van der Waals surface area contributed by atoms with E-state index in [9.17, 15) is 19.1 Å². The fraction of sp³-hybridized carbons (Fsp3) is 0.438. The summed E-state index contributed by atoms with van der Waals surface area (Å²) < 4.78 is 16.4. The average Bonchev–Trinajstić information content (AvgIpc) is 3.31. The van der Waals surface area contributed by atoms with Gasteiger partial charge >= 0.3 is 5.97 Å². The third-order valence-corrected chi connectivity index (χ3v) is 4.82. The van der Waals surface area contributed by atoms with E-state index >= 15 is 0 Å². The van der Waals surface area contributed by atoms with E-state index in [1.165, 1.54) is 6.20 Å². The van der Waals surface area contributed by atoms with Crippen molar-refractivity contribution in [3.63, 3.8) is 0 Å². The minimum atomic E-state index is -1.37. The number of fused-ring (bicyclic) bond motifs is 1. The molecule has 2 aromatic heterocycles. The SMILES string of the molecule is Nc1c(F)c(N2CCC(N)C2)nc2c1c(=O)c(C(=O)O)cn2C1CC1. The Morgan fingerprint density at radius 3 is 2.64 bits per heavy atom. The molecule has 9 heteroatoms. The van der Waals surface area contributed by atoms with Crippen molar-refractivity contribution in [3.8, 4) is 0 Å². The molecule has 0 bridgehead atoms. The maximum atomic E-state index is 14.8. The Morgan fingerprint density at radius 2 is 2.08 bits per heavy atom. The van der Waals surface area contributed by atoms with Crippen molar-refractivity contribution in [2.45, 2.75) is 31.3 Å². The van der Waals surface area contributed by atoms with E-state index in [2.05, 4.69) is 4.98 Å². The molecule has 0 spiro atoms. The van der Waals surface area contributed by atoms with Crippen LogP contribution < -0.4 is 21.8 Å². The summed E-state index contributed by atoms with van der Waals surface area (Å²) in [6.07, 6.45) is 3.70. The van der Waals surface area contributed by atoms with Gasteiger partial charge in [0.25, 0.3) is 0 Å². The van der Waals surface area contributed by atoms with Gasteiger partial charge < -0.3 is 26.0 Å². The van der Waals surface area contributed by atoms with Gasteiger partial charge in [0.15, 0.2) is 11.6 Å². The predicted octanol–water partition coefficient (Wildman–Crippen LogP) is 0.688. The zero-order chi connectivity index (χ0) is 17.9. The van der Waals surface area contributed by atoms with Crippen LogP contribution in [-0.2, 0) is 0 Å². The van der Waals surface area contributed by atoms with Crippen LogP contribution in [0.5, 0.6) is 0 Å². The molecule has 1 saturated heterocycles. The van der Waals surface area contributed by atoms with Crippen LogP contribution in [0.2, 0.25) is 0 Å². The lowest BCUT2D eigenvalue weighted by Gasteiger charge is -2.21. The highest BCUT2D eigenvalue weighted by atomic mass is 19.1. The van der Waals surface area contributed by atoms with Gasteiger partial charge in [-0.25, -0.2) is 14.2 Å². The van der Waals surface area contributed by atoms with Gasteiger partial charge in [-0.3, -0.25) is 4.79 Å². The summed E-state index contributed by atoms with van der Waals surface area (Å²) in [6.45, 7) is 1.01. The van der Waals surface area contributed by atoms with Crippen LogP contribution in [0, 0.1) is 5.82 Å². The molecule has 2 aliphatic rings. The van der Waals surface area contributed by atoms with Crippen molar-refractivity contribution in [2.75, 3.05) is 23.7 Å². The number of pyridine rings is 2. The minimum absolute atomic E-state index is 0.0484. The third-order valence-electron chi connectivity index (χ3n) is 4.82. The lowest BCUT2D eigenvalue weighted by atomic mass is 10.1. The molecule has 5 N–H and O–H groups in total. The van der Waals surface area contributed by atoms with Crippen molar-refractivity contribution in [2.24, 2.45) is 5.73 Å². The van der Waals surface area contributed by atoms with Gasteiger partial charge in [-0.1, -0.05) is 0 Å². The number of rotatable bonds is 3. The summed E-state index contributed by atoms with van der Waals surface area (Å²) in [6, 6.07) is -0.0228. The zero-order valence-corrected chi connectivity index (χ0v) is 13.4. The molecule has 1 aliphatic carbocycles. The van der Waals surface area contributed by atoms with Crippen molar-refractivity contribution >= 4 is 28.5 Å². The molecule has 2 fully saturated rings. The number of nitrogen functional groups attached to an aromatic ring is 1. The highest BCUT2D eigenvalue weighted by Gasteiger charge is 2.31. The highest BCUT2D eigenvalue weighted by molar-refractivity contribution is 5.97. The maximum Gasteiger partial charge on any atom is 0.341 e. The van der Waals surface area contributed by atoms with Gasteiger partial charge in [-0.15, -0.1) is 0 Å². The minimum Gasteiger partial charge on any atom is -0.477 e. The molecule has 1 atom stereocenters. The summed E-state index contributed by atoms with van der Waals surface area (Å²) in [5.74, 6) is -2.10. The lowest BCUT2D eigenvalue weighted by Crippen LogP contribution is -2.29. The molecular formula is C16H18FN5O3. The summed E-state index contributed by atoms with van der Waals surface area (Å²) in [5, 5.41) is 9.11. The van der Waals surface area contributed by atoms with E-state index in [4.69, 9.17) is 11.5 Å². The summed E-state index contributed by atoms with van der Waals surface area (Å²) >= 11 is 0. The number of carboxylic acid groups (broad SMARTS) is 1. The Kier molecular flexibility index (Phi) is 3.43. The Hall–Kier alpha value is -2.68. The number of anilines is 2. The van der Waals surface area contributed by atoms with Crippen LogP contribution in [0.1, 0.15) is 35.7 Å². The molecule has 1 saturated carbocycles. The smallest absolute Gasteiger partial charge is 0.341 e. The predicted molar refractivity (Wildman–Crippen MR) is 90.4 cm³/mol. The normalized spacial score (nSPS) is 20.4. The average molecular weight is 347 g/mol. The summed E-state index contributed by atoms with van der Waals surface area (Å²) in [5.41, 5.74) is 10.4. The highest BCUT2D eigenvalue weighted by Crippen LogP contribution is 2.38. The molecule has 1 aliphatic heterocycles. The standard InChI is InChI=1S/C16H18FN5O3/c17-11-12(19)10-13(23)9(16(24)25)6-22(8-1-2-8)14(10)20-15(11)21-4-3-7(18)5-21/h6-8H,1-5,18H2,(H2,19,20)(H,24,25). The third kappa shape index (κ3) is 2.42. The van der Waals surface area contributed by atoms with E-state index in [0.717, 1.165) is 12.8 Å². The first-order valence-electron chi connectivity index (χ1n) is 8.16. The Bertz CT molecular complexity index is 953. The van der Waals surface area contributed by atoms with E-state index in [-0.39, 0.29) is 34.6 Å². The Morgan fingerprint density at radius 1 is 1.36 bits per heavy atom. The van der Waals surface area contributed by atoms with Crippen molar-refractivity contribution < 1.29 is 14.3 Å². The van der Waals surface area contributed by atoms with Crippen LogP contribution in [0.15, 0.2) is 11.0 Å². The molecule has 3 heterocycles. The van der Waals surface area contributed by atoms with Gasteiger partial charge in [0.05, 0.1) is 11.1 Å². The fourth-order valence-electron chi connectivity index (χ4n) is 3.33. The molecule has 0 aromatic carbocycles. The van der Waals surface area contributed by atoms with Crippen LogP contribution >= 0.6 is 0 Å². The largest absolute Gasteiger partial charge is 0.477 e. The van der Waals surface area contributed by atoms with Crippen molar-refractivity contribution in [1.82, 2.24) is 9.55 Å². The van der Waals surface area contributed by atoms with Gasteiger partial charge in [-0.05, 0) is 19.3 Å². The maximum absolute atomic E-state index is 14.8. The fourth-order valence-corrected chi connectivity index (χ4v) is 3.33. The molecular weight excluding hydrogens is 329 g/mol. The second-order valence-electron chi connectivity index (χ2n) is 6.67. The number of carboxylic acids is 1. The van der Waals surface area contributed by atoms with E-state index in [0.29, 0.717) is 19.5 Å². The second-order valence-corrected chi connectivity index (χ2v) is 6.67. The summed E-state index contributed by atoms with van der Waals surface area (Å²) in [7, 11) is 0. The van der Waals surface area contributed by atoms with Gasteiger partial charge in [0.2, 0.25) is 5.43 Å². The monoisotopic (exact) mass is 347 g/mol. The van der Waals surface area contributed by atoms with E-state index in [1.54, 1.807) is 9.47 Å². The van der Waals surface area contributed by atoms with Gasteiger partial charge in [0, 0.05) is 31.4 Å². The summed E-state index contributed by atoms with van der Waals surface area (Å²) in [4.78, 5) is 30.0. The number of nitrogens with two attached hydrogens (primary N) is 2. The molecule has 8 nitrogen and oxygen atoms in total. The first-order chi connectivity index (χ1) is 11.9. The molecule has 132 valence electrons. The van der Waals surface area contributed by atoms with Gasteiger partial charge in [-0.2, -0.15) is 0 Å². The van der Waals surface area contributed by atoms with E-state index in [1.807, 2.05) is 0 Å². The molecule has 25 heavy (non-hydrogen) atoms. The second kappa shape index (κ2) is 5.41.